The van der Waals surface area contributed by atoms with Crippen LogP contribution in [0.2, 0.25) is 0 Å². The number of methoxy groups -OCH3 is 1. The van der Waals surface area contributed by atoms with Crippen molar-refractivity contribution in [3.8, 4) is 5.75 Å². The molecule has 32 heavy (non-hydrogen) atoms. The predicted octanol–water partition coefficient (Wildman–Crippen LogP) is 5.03. The molecule has 0 N–H and O–H groups in total. The van der Waals surface area contributed by atoms with Gasteiger partial charge in [-0.2, -0.15) is 0 Å². The highest BCUT2D eigenvalue weighted by Gasteiger charge is 2.46. The summed E-state index contributed by atoms with van der Waals surface area (Å²) >= 11 is 0. The lowest BCUT2D eigenvalue weighted by molar-refractivity contribution is 0.0975. The largest absolute Gasteiger partial charge is 0.497 e. The fourth-order valence-electron chi connectivity index (χ4n) is 5.11. The SMILES string of the molecule is COc1ccc2c(c1)C1(CCN(Cc3ccccc3)CC1)CN2C(=O)c1ccc(F)cc1. The molecule has 1 spiro atoms. The van der Waals surface area contributed by atoms with E-state index in [-0.39, 0.29) is 17.1 Å². The molecule has 164 valence electrons. The average molecular weight is 431 g/mol. The first-order chi connectivity index (χ1) is 15.6. The minimum Gasteiger partial charge on any atom is -0.497 e. The van der Waals surface area contributed by atoms with Crippen LogP contribution in [0.5, 0.6) is 5.75 Å². The molecule has 1 saturated heterocycles. The van der Waals surface area contributed by atoms with Crippen LogP contribution in [-0.2, 0) is 12.0 Å². The normalized spacial score (nSPS) is 17.4. The van der Waals surface area contributed by atoms with Crippen LogP contribution in [0.1, 0.15) is 34.3 Å². The van der Waals surface area contributed by atoms with Crippen LogP contribution in [0.15, 0.2) is 72.8 Å². The third kappa shape index (κ3) is 3.78. The number of carbonyl (C=O) groups is 1. The zero-order chi connectivity index (χ0) is 22.1. The van der Waals surface area contributed by atoms with Gasteiger partial charge in [-0.3, -0.25) is 9.69 Å². The van der Waals surface area contributed by atoms with Gasteiger partial charge in [0.05, 0.1) is 7.11 Å². The Bertz CT molecular complexity index is 1110. The highest BCUT2D eigenvalue weighted by Crippen LogP contribution is 2.48. The molecule has 0 aromatic heterocycles. The van der Waals surface area contributed by atoms with Gasteiger partial charge < -0.3 is 9.64 Å². The second-order valence-corrected chi connectivity index (χ2v) is 8.82. The standard InChI is InChI=1S/C27H27FN2O2/c1-32-23-11-12-25-24(17-23)27(19-30(25)26(31)21-7-9-22(28)10-8-21)13-15-29(16-14-27)18-20-5-3-2-4-6-20/h2-12,17H,13-16,18-19H2,1H3. The number of piperidine rings is 1. The molecule has 5 heteroatoms. The summed E-state index contributed by atoms with van der Waals surface area (Å²) in [5, 5.41) is 0. The van der Waals surface area contributed by atoms with Crippen molar-refractivity contribution in [1.82, 2.24) is 4.90 Å². The van der Waals surface area contributed by atoms with Gasteiger partial charge in [-0.1, -0.05) is 30.3 Å². The molecule has 0 atom stereocenters. The van der Waals surface area contributed by atoms with E-state index < -0.39 is 0 Å². The first-order valence-electron chi connectivity index (χ1n) is 11.1. The average Bonchev–Trinajstić information content (AvgIpc) is 3.14. The van der Waals surface area contributed by atoms with Crippen LogP contribution in [0.3, 0.4) is 0 Å². The number of nitrogens with zero attached hydrogens (tertiary/aromatic N) is 2. The van der Waals surface area contributed by atoms with Gasteiger partial charge in [-0.15, -0.1) is 0 Å². The molecule has 2 heterocycles. The second-order valence-electron chi connectivity index (χ2n) is 8.82. The minimum absolute atomic E-state index is 0.0833. The molecule has 3 aromatic rings. The summed E-state index contributed by atoms with van der Waals surface area (Å²) in [6.45, 7) is 3.54. The highest BCUT2D eigenvalue weighted by molar-refractivity contribution is 6.07. The summed E-state index contributed by atoms with van der Waals surface area (Å²) in [7, 11) is 1.67. The number of anilines is 1. The molecule has 0 unspecified atom stereocenters. The van der Waals surface area contributed by atoms with E-state index in [9.17, 15) is 9.18 Å². The first-order valence-corrected chi connectivity index (χ1v) is 11.1. The van der Waals surface area contributed by atoms with Gasteiger partial charge in [-0.25, -0.2) is 4.39 Å². The summed E-state index contributed by atoms with van der Waals surface area (Å²) in [5.74, 6) is 0.390. The van der Waals surface area contributed by atoms with Crippen molar-refractivity contribution in [3.05, 3.63) is 95.3 Å². The van der Waals surface area contributed by atoms with Gasteiger partial charge in [-0.05, 0) is 79.5 Å². The molecule has 0 radical (unpaired) electrons. The Kier molecular flexibility index (Phi) is 5.43. The third-order valence-electron chi connectivity index (χ3n) is 6.93. The topological polar surface area (TPSA) is 32.8 Å². The lowest BCUT2D eigenvalue weighted by atomic mass is 9.74. The summed E-state index contributed by atoms with van der Waals surface area (Å²) in [6, 6.07) is 22.4. The number of rotatable bonds is 4. The summed E-state index contributed by atoms with van der Waals surface area (Å²) in [5.41, 5.74) is 3.87. The number of hydrogen-bond donors (Lipinski definition) is 0. The van der Waals surface area contributed by atoms with Crippen molar-refractivity contribution in [3.63, 3.8) is 0 Å². The third-order valence-corrected chi connectivity index (χ3v) is 6.93. The van der Waals surface area contributed by atoms with Crippen molar-refractivity contribution in [2.75, 3.05) is 31.6 Å². The Morgan fingerprint density at radius 1 is 1.00 bits per heavy atom. The molecule has 0 bridgehead atoms. The number of hydrogen-bond acceptors (Lipinski definition) is 3. The van der Waals surface area contributed by atoms with Crippen LogP contribution in [0, 0.1) is 5.82 Å². The first kappa shape index (κ1) is 20.7. The van der Waals surface area contributed by atoms with Gasteiger partial charge in [0, 0.05) is 29.8 Å². The molecule has 2 aliphatic rings. The summed E-state index contributed by atoms with van der Waals surface area (Å²) < 4.78 is 18.9. The van der Waals surface area contributed by atoms with E-state index in [1.807, 2.05) is 23.1 Å². The summed E-state index contributed by atoms with van der Waals surface area (Å²) in [4.78, 5) is 17.7. The molecule has 1 fully saturated rings. The second kappa shape index (κ2) is 8.40. The number of ether oxygens (including phenoxy) is 1. The van der Waals surface area contributed by atoms with E-state index in [4.69, 9.17) is 4.74 Å². The van der Waals surface area contributed by atoms with Gasteiger partial charge in [0.2, 0.25) is 0 Å². The van der Waals surface area contributed by atoms with Crippen LogP contribution >= 0.6 is 0 Å². The van der Waals surface area contributed by atoms with Crippen molar-refractivity contribution in [1.29, 1.82) is 0 Å². The van der Waals surface area contributed by atoms with Gasteiger partial charge in [0.15, 0.2) is 0 Å². The van der Waals surface area contributed by atoms with Gasteiger partial charge in [0.25, 0.3) is 5.91 Å². The lowest BCUT2D eigenvalue weighted by Crippen LogP contribution is -2.45. The van der Waals surface area contributed by atoms with Crippen molar-refractivity contribution >= 4 is 11.6 Å². The van der Waals surface area contributed by atoms with Crippen molar-refractivity contribution in [2.24, 2.45) is 0 Å². The Morgan fingerprint density at radius 3 is 2.41 bits per heavy atom. The monoisotopic (exact) mass is 430 g/mol. The number of benzene rings is 3. The van der Waals surface area contributed by atoms with Crippen molar-refractivity contribution in [2.45, 2.75) is 24.8 Å². The molecule has 0 aliphatic carbocycles. The quantitative estimate of drug-likeness (QED) is 0.582. The fraction of sp³-hybridized carbons (Fsp3) is 0.296. The smallest absolute Gasteiger partial charge is 0.258 e. The molecular weight excluding hydrogens is 403 g/mol. The maximum absolute atomic E-state index is 13.4. The Hall–Kier alpha value is -3.18. The zero-order valence-corrected chi connectivity index (χ0v) is 18.3. The van der Waals surface area contributed by atoms with Crippen LogP contribution in [0.4, 0.5) is 10.1 Å². The predicted molar refractivity (Wildman–Crippen MR) is 124 cm³/mol. The molecular formula is C27H27FN2O2. The van der Waals surface area contributed by atoms with Crippen LogP contribution in [-0.4, -0.2) is 37.6 Å². The Morgan fingerprint density at radius 2 is 1.72 bits per heavy atom. The van der Waals surface area contributed by atoms with E-state index in [2.05, 4.69) is 35.2 Å². The number of carbonyl (C=O) groups excluding carboxylic acids is 1. The van der Waals surface area contributed by atoms with E-state index in [1.165, 1.54) is 23.3 Å². The summed E-state index contributed by atoms with van der Waals surface area (Å²) in [6.07, 6.45) is 1.96. The van der Waals surface area contributed by atoms with E-state index in [1.54, 1.807) is 19.2 Å². The van der Waals surface area contributed by atoms with E-state index in [0.29, 0.717) is 12.1 Å². The van der Waals surface area contributed by atoms with Crippen LogP contribution < -0.4 is 9.64 Å². The number of fused-ring (bicyclic) bond motifs is 2. The fourth-order valence-corrected chi connectivity index (χ4v) is 5.11. The van der Waals surface area contributed by atoms with Gasteiger partial charge >= 0.3 is 0 Å². The zero-order valence-electron chi connectivity index (χ0n) is 18.3. The maximum Gasteiger partial charge on any atom is 0.258 e. The molecule has 3 aromatic carbocycles. The van der Waals surface area contributed by atoms with Gasteiger partial charge in [0.1, 0.15) is 11.6 Å². The highest BCUT2D eigenvalue weighted by atomic mass is 19.1. The number of amides is 1. The van der Waals surface area contributed by atoms with Crippen molar-refractivity contribution < 1.29 is 13.9 Å². The molecule has 5 rings (SSSR count). The van der Waals surface area contributed by atoms with Crippen LogP contribution in [0.25, 0.3) is 0 Å². The van der Waals surface area contributed by atoms with E-state index >= 15 is 0 Å². The molecule has 4 nitrogen and oxygen atoms in total. The lowest BCUT2D eigenvalue weighted by Gasteiger charge is -2.40. The number of halogens is 1. The molecule has 1 amide bonds. The molecule has 2 aliphatic heterocycles. The van der Waals surface area contributed by atoms with E-state index in [0.717, 1.165) is 43.9 Å². The minimum atomic E-state index is -0.338. The Balaban J connectivity index is 1.41. The number of likely N-dealkylation sites (tertiary alicyclic amines) is 1. The Labute approximate surface area is 188 Å². The molecule has 0 saturated carbocycles. The maximum atomic E-state index is 13.4.